The van der Waals surface area contributed by atoms with Crippen LogP contribution in [0.15, 0.2) is 48.9 Å². The van der Waals surface area contributed by atoms with Crippen LogP contribution in [0.1, 0.15) is 18.2 Å². The van der Waals surface area contributed by atoms with E-state index in [1.54, 1.807) is 11.2 Å². The van der Waals surface area contributed by atoms with Gasteiger partial charge in [0, 0.05) is 30.5 Å². The Hall–Kier alpha value is -2.82. The number of hydrogen-bond donors (Lipinski definition) is 1. The minimum atomic E-state index is -0.349. The van der Waals surface area contributed by atoms with E-state index in [-0.39, 0.29) is 6.09 Å². The van der Waals surface area contributed by atoms with Crippen molar-refractivity contribution >= 4 is 22.6 Å². The number of ether oxygens (including phenoxy) is 1. The minimum absolute atomic E-state index is 0.349. The minimum Gasteiger partial charge on any atom is -0.452 e. The molecule has 0 saturated carbocycles. The summed E-state index contributed by atoms with van der Waals surface area (Å²) in [6.45, 7) is 2.48. The molecular formula is C18H19N3O2. The van der Waals surface area contributed by atoms with Gasteiger partial charge in [0.2, 0.25) is 0 Å². The summed E-state index contributed by atoms with van der Waals surface area (Å²) in [5.74, 6) is 0. The molecule has 3 aromatic rings. The average Bonchev–Trinajstić information content (AvgIpc) is 3.09. The van der Waals surface area contributed by atoms with Gasteiger partial charge >= 0.3 is 6.09 Å². The van der Waals surface area contributed by atoms with Gasteiger partial charge in [-0.3, -0.25) is 4.90 Å². The number of nitrogens with zero attached hydrogens (tertiary/aromatic N) is 2. The number of imidazole rings is 1. The number of methoxy groups -OCH3 is 1. The van der Waals surface area contributed by atoms with Crippen LogP contribution in [0.25, 0.3) is 10.8 Å². The van der Waals surface area contributed by atoms with Gasteiger partial charge in [-0.2, -0.15) is 0 Å². The number of carbonyl (C=O) groups is 1. The van der Waals surface area contributed by atoms with Crippen LogP contribution in [0, 0.1) is 0 Å². The maximum Gasteiger partial charge on any atom is 0.413 e. The maximum atomic E-state index is 11.9. The van der Waals surface area contributed by atoms with Gasteiger partial charge in [0.25, 0.3) is 0 Å². The van der Waals surface area contributed by atoms with Gasteiger partial charge < -0.3 is 9.72 Å². The van der Waals surface area contributed by atoms with E-state index in [9.17, 15) is 4.79 Å². The third-order valence-corrected chi connectivity index (χ3v) is 3.91. The van der Waals surface area contributed by atoms with Crippen LogP contribution in [-0.4, -0.2) is 29.7 Å². The van der Waals surface area contributed by atoms with E-state index < -0.39 is 0 Å². The molecule has 0 unspecified atom stereocenters. The number of nitrogens with one attached hydrogen (secondary N) is 1. The van der Waals surface area contributed by atoms with E-state index >= 15 is 0 Å². The molecule has 0 aliphatic heterocycles. The molecule has 0 fully saturated rings. The van der Waals surface area contributed by atoms with Crippen LogP contribution >= 0.6 is 0 Å². The van der Waals surface area contributed by atoms with Gasteiger partial charge in [-0.15, -0.1) is 0 Å². The summed E-state index contributed by atoms with van der Waals surface area (Å²) in [5.41, 5.74) is 3.08. The molecule has 1 aromatic heterocycles. The molecular weight excluding hydrogens is 290 g/mol. The number of carbonyl (C=O) groups excluding carboxylic acids is 1. The maximum absolute atomic E-state index is 11.9. The predicted molar refractivity (Wildman–Crippen MR) is 90.8 cm³/mol. The molecule has 23 heavy (non-hydrogen) atoms. The molecule has 0 radical (unpaired) electrons. The lowest BCUT2D eigenvalue weighted by Crippen LogP contribution is -2.30. The summed E-state index contributed by atoms with van der Waals surface area (Å²) >= 11 is 0. The van der Waals surface area contributed by atoms with Crippen LogP contribution in [0.5, 0.6) is 0 Å². The Balaban J connectivity index is 2.05. The Kier molecular flexibility index (Phi) is 4.28. The highest BCUT2D eigenvalue weighted by atomic mass is 16.5. The molecule has 1 N–H and O–H groups in total. The van der Waals surface area contributed by atoms with Gasteiger partial charge in [0.1, 0.15) is 0 Å². The normalized spacial score (nSPS) is 10.7. The molecule has 0 atom stereocenters. The number of H-pyrrole nitrogens is 1. The van der Waals surface area contributed by atoms with Gasteiger partial charge in [-0.25, -0.2) is 9.78 Å². The topological polar surface area (TPSA) is 58.2 Å². The lowest BCUT2D eigenvalue weighted by Gasteiger charge is -2.20. The summed E-state index contributed by atoms with van der Waals surface area (Å²) in [4.78, 5) is 20.7. The third-order valence-electron chi connectivity index (χ3n) is 3.91. The van der Waals surface area contributed by atoms with Crippen LogP contribution in [0.3, 0.4) is 0 Å². The fraction of sp³-hybridized carbons (Fsp3) is 0.222. The van der Waals surface area contributed by atoms with Crippen LogP contribution in [0.4, 0.5) is 10.5 Å². The van der Waals surface area contributed by atoms with E-state index in [1.807, 2.05) is 37.4 Å². The predicted octanol–water partition coefficient (Wildman–Crippen LogP) is 3.75. The van der Waals surface area contributed by atoms with Crippen molar-refractivity contribution in [3.63, 3.8) is 0 Å². The number of benzene rings is 2. The molecule has 2 aromatic carbocycles. The van der Waals surface area contributed by atoms with Crippen molar-refractivity contribution in [3.05, 3.63) is 60.2 Å². The molecule has 0 bridgehead atoms. The third kappa shape index (κ3) is 3.04. The van der Waals surface area contributed by atoms with E-state index in [4.69, 9.17) is 4.74 Å². The van der Waals surface area contributed by atoms with Crippen LogP contribution < -0.4 is 4.90 Å². The summed E-state index contributed by atoms with van der Waals surface area (Å²) in [7, 11) is 1.40. The van der Waals surface area contributed by atoms with Crippen molar-refractivity contribution in [2.24, 2.45) is 0 Å². The Morgan fingerprint density at radius 1 is 1.30 bits per heavy atom. The van der Waals surface area contributed by atoms with Crippen LogP contribution in [0.2, 0.25) is 0 Å². The fourth-order valence-electron chi connectivity index (χ4n) is 2.76. The average molecular weight is 309 g/mol. The molecule has 0 aliphatic carbocycles. The smallest absolute Gasteiger partial charge is 0.413 e. The summed E-state index contributed by atoms with van der Waals surface area (Å²) in [6.07, 6.45) is 3.93. The molecule has 3 rings (SSSR count). The first-order valence-corrected chi connectivity index (χ1v) is 7.57. The molecule has 0 aliphatic rings. The van der Waals surface area contributed by atoms with E-state index in [1.165, 1.54) is 12.7 Å². The van der Waals surface area contributed by atoms with Crippen molar-refractivity contribution in [3.8, 4) is 0 Å². The van der Waals surface area contributed by atoms with E-state index in [0.717, 1.165) is 28.6 Å². The highest BCUT2D eigenvalue weighted by Crippen LogP contribution is 2.26. The number of aromatic amines is 1. The second-order valence-electron chi connectivity index (χ2n) is 5.29. The molecule has 5 heteroatoms. The number of aromatic nitrogens is 2. The monoisotopic (exact) mass is 309 g/mol. The van der Waals surface area contributed by atoms with Crippen LogP contribution in [-0.2, 0) is 11.2 Å². The zero-order valence-corrected chi connectivity index (χ0v) is 13.2. The summed E-state index contributed by atoms with van der Waals surface area (Å²) in [5, 5.41) is 2.27. The molecule has 1 heterocycles. The first-order chi connectivity index (χ1) is 11.2. The second-order valence-corrected chi connectivity index (χ2v) is 5.29. The quantitative estimate of drug-likeness (QED) is 0.798. The number of hydrogen-bond acceptors (Lipinski definition) is 3. The van der Waals surface area contributed by atoms with Gasteiger partial charge in [0.05, 0.1) is 13.4 Å². The molecule has 0 spiro atoms. The Bertz CT molecular complexity index is 812. The van der Waals surface area contributed by atoms with Gasteiger partial charge in [-0.05, 0) is 35.4 Å². The van der Waals surface area contributed by atoms with E-state index in [0.29, 0.717) is 6.54 Å². The van der Waals surface area contributed by atoms with Crippen molar-refractivity contribution in [2.75, 3.05) is 18.6 Å². The Morgan fingerprint density at radius 2 is 2.17 bits per heavy atom. The van der Waals surface area contributed by atoms with Crippen molar-refractivity contribution in [1.82, 2.24) is 9.97 Å². The standard InChI is InChI=1S/C18H19N3O2/c1-3-21(18(22)23-2)16-8-7-13-5-4-6-14(17(13)10-16)9-15-11-19-12-20-15/h4-8,10-12H,3,9H2,1-2H3,(H,19,20). The van der Waals surface area contributed by atoms with E-state index in [2.05, 4.69) is 22.1 Å². The number of anilines is 1. The Morgan fingerprint density at radius 3 is 2.87 bits per heavy atom. The zero-order chi connectivity index (χ0) is 16.2. The fourth-order valence-corrected chi connectivity index (χ4v) is 2.76. The molecule has 0 saturated heterocycles. The lowest BCUT2D eigenvalue weighted by atomic mass is 10.0. The highest BCUT2D eigenvalue weighted by Gasteiger charge is 2.15. The number of amides is 1. The SMILES string of the molecule is CCN(C(=O)OC)c1ccc2cccc(Cc3cnc[nH]3)c2c1. The number of fused-ring (bicyclic) bond motifs is 1. The summed E-state index contributed by atoms with van der Waals surface area (Å²) in [6, 6.07) is 12.2. The molecule has 118 valence electrons. The lowest BCUT2D eigenvalue weighted by molar-refractivity contribution is 0.179. The first-order valence-electron chi connectivity index (χ1n) is 7.57. The van der Waals surface area contributed by atoms with Crippen molar-refractivity contribution in [2.45, 2.75) is 13.3 Å². The van der Waals surface area contributed by atoms with Crippen molar-refractivity contribution < 1.29 is 9.53 Å². The molecule has 5 nitrogen and oxygen atoms in total. The zero-order valence-electron chi connectivity index (χ0n) is 13.2. The van der Waals surface area contributed by atoms with Crippen molar-refractivity contribution in [1.29, 1.82) is 0 Å². The van der Waals surface area contributed by atoms with Gasteiger partial charge in [-0.1, -0.05) is 24.3 Å². The number of rotatable bonds is 4. The second kappa shape index (κ2) is 6.52. The Labute approximate surface area is 134 Å². The largest absolute Gasteiger partial charge is 0.452 e. The first kappa shape index (κ1) is 15.1. The summed E-state index contributed by atoms with van der Waals surface area (Å²) < 4.78 is 4.86. The highest BCUT2D eigenvalue weighted by molar-refractivity contribution is 5.94. The molecule has 1 amide bonds. The van der Waals surface area contributed by atoms with Gasteiger partial charge in [0.15, 0.2) is 0 Å².